The minimum absolute atomic E-state index is 0.323. The predicted octanol–water partition coefficient (Wildman–Crippen LogP) is 1.16. The Hall–Kier alpha value is -2.62. The van der Waals surface area contributed by atoms with E-state index in [4.69, 9.17) is 6.57 Å². The van der Waals surface area contributed by atoms with E-state index in [-0.39, 0.29) is 11.4 Å². The lowest BCUT2D eigenvalue weighted by Gasteiger charge is -2.13. The van der Waals surface area contributed by atoms with Crippen molar-refractivity contribution in [3.05, 3.63) is 49.7 Å². The number of hydrogen-bond acceptors (Lipinski definition) is 3. The Morgan fingerprint density at radius 1 is 1.14 bits per heavy atom. The average molecular weight is 285 g/mol. The zero-order chi connectivity index (χ0) is 15.1. The number of hydrogen-bond donors (Lipinski definition) is 0. The molecule has 0 saturated heterocycles. The molecule has 0 unspecified atom stereocenters. The molecule has 0 aromatic carbocycles. The summed E-state index contributed by atoms with van der Waals surface area (Å²) in [5.41, 5.74) is 0.893. The molecule has 0 fully saturated rings. The Labute approximate surface area is 120 Å². The lowest BCUT2D eigenvalue weighted by Crippen LogP contribution is -2.30. The highest BCUT2D eigenvalue weighted by molar-refractivity contribution is 5.54. The Morgan fingerprint density at radius 2 is 1.71 bits per heavy atom. The first-order chi connectivity index (χ1) is 10.0. The number of fused-ring (bicyclic) bond motifs is 1. The summed E-state index contributed by atoms with van der Waals surface area (Å²) in [5.74, 6) is 0.323. The monoisotopic (exact) mass is 285 g/mol. The lowest BCUT2D eigenvalue weighted by atomic mass is 10.2. The van der Waals surface area contributed by atoms with E-state index in [1.54, 1.807) is 19.9 Å². The molecule has 1 aliphatic heterocycles. The summed E-state index contributed by atoms with van der Waals surface area (Å²) < 4.78 is 4.07. The average Bonchev–Trinajstić information content (AvgIpc) is 2.74. The topological polar surface area (TPSA) is 66.2 Å². The zero-order valence-electron chi connectivity index (χ0n) is 12.0. The third-order valence-corrected chi connectivity index (χ3v) is 3.79. The Kier molecular flexibility index (Phi) is 3.01. The van der Waals surface area contributed by atoms with Gasteiger partial charge in [-0.15, -0.1) is 0 Å². The highest BCUT2D eigenvalue weighted by Crippen LogP contribution is 2.21. The minimum Gasteiger partial charge on any atom is -0.246 e. The van der Waals surface area contributed by atoms with Gasteiger partial charge in [0.25, 0.3) is 0 Å². The Bertz CT molecular complexity index is 841. The third-order valence-electron chi connectivity index (χ3n) is 3.79. The first-order valence-corrected chi connectivity index (χ1v) is 6.83. The molecule has 0 bridgehead atoms. The van der Waals surface area contributed by atoms with Crippen molar-refractivity contribution in [2.45, 2.75) is 39.8 Å². The predicted molar refractivity (Wildman–Crippen MR) is 77.1 cm³/mol. The standard InChI is InChI=1S/C14H15N5O2/c1-9-8-11(15-3)10(2)16-12(9)19-13(20)17-6-4-5-7-18(17)14(19)21/h8H,4-7H2,1-2H3. The largest absolute Gasteiger partial charge is 0.353 e. The van der Waals surface area contributed by atoms with Gasteiger partial charge in [0.15, 0.2) is 0 Å². The summed E-state index contributed by atoms with van der Waals surface area (Å²) >= 11 is 0. The molecule has 0 radical (unpaired) electrons. The van der Waals surface area contributed by atoms with Gasteiger partial charge in [-0.2, -0.15) is 4.57 Å². The van der Waals surface area contributed by atoms with E-state index in [1.165, 1.54) is 9.36 Å². The maximum Gasteiger partial charge on any atom is 0.353 e. The van der Waals surface area contributed by atoms with Gasteiger partial charge in [-0.3, -0.25) is 0 Å². The van der Waals surface area contributed by atoms with Gasteiger partial charge in [-0.25, -0.2) is 28.8 Å². The maximum atomic E-state index is 12.5. The quantitative estimate of drug-likeness (QED) is 0.738. The fourth-order valence-corrected chi connectivity index (χ4v) is 2.67. The van der Waals surface area contributed by atoms with E-state index in [0.717, 1.165) is 17.4 Å². The number of aromatic nitrogens is 4. The summed E-state index contributed by atoms with van der Waals surface area (Å²) in [4.78, 5) is 32.6. The van der Waals surface area contributed by atoms with Gasteiger partial charge in [0.05, 0.1) is 6.57 Å². The van der Waals surface area contributed by atoms with Crippen LogP contribution in [0.4, 0.5) is 5.69 Å². The molecule has 2 aromatic heterocycles. The zero-order valence-corrected chi connectivity index (χ0v) is 12.0. The molecular formula is C14H15N5O2. The van der Waals surface area contributed by atoms with Gasteiger partial charge in [-0.1, -0.05) is 0 Å². The van der Waals surface area contributed by atoms with Crippen LogP contribution in [0.3, 0.4) is 0 Å². The van der Waals surface area contributed by atoms with Crippen molar-refractivity contribution in [2.75, 3.05) is 0 Å². The van der Waals surface area contributed by atoms with Gasteiger partial charge in [0.2, 0.25) is 5.69 Å². The highest BCUT2D eigenvalue weighted by atomic mass is 16.2. The summed E-state index contributed by atoms with van der Waals surface area (Å²) in [6, 6.07) is 1.66. The van der Waals surface area contributed by atoms with Crippen molar-refractivity contribution in [3.8, 4) is 5.82 Å². The lowest BCUT2D eigenvalue weighted by molar-refractivity contribution is 0.348. The van der Waals surface area contributed by atoms with Crippen LogP contribution in [0, 0.1) is 20.4 Å². The van der Waals surface area contributed by atoms with E-state index in [9.17, 15) is 9.59 Å². The highest BCUT2D eigenvalue weighted by Gasteiger charge is 2.21. The molecule has 0 amide bonds. The molecule has 0 aliphatic carbocycles. The molecule has 3 heterocycles. The number of pyridine rings is 1. The van der Waals surface area contributed by atoms with Crippen LogP contribution in [0.25, 0.3) is 10.7 Å². The first-order valence-electron chi connectivity index (χ1n) is 6.83. The van der Waals surface area contributed by atoms with Crippen LogP contribution in [0.1, 0.15) is 24.1 Å². The van der Waals surface area contributed by atoms with Crippen molar-refractivity contribution in [1.29, 1.82) is 0 Å². The fourth-order valence-electron chi connectivity index (χ4n) is 2.67. The first kappa shape index (κ1) is 13.4. The fraction of sp³-hybridized carbons (Fsp3) is 0.429. The molecule has 0 saturated carbocycles. The maximum absolute atomic E-state index is 12.5. The second kappa shape index (κ2) is 4.74. The molecule has 0 N–H and O–H groups in total. The summed E-state index contributed by atoms with van der Waals surface area (Å²) in [7, 11) is 0. The van der Waals surface area contributed by atoms with Gasteiger partial charge in [-0.05, 0) is 38.3 Å². The molecule has 7 nitrogen and oxygen atoms in total. The second-order valence-electron chi connectivity index (χ2n) is 5.20. The SMILES string of the molecule is [C-]#[N+]c1cc(C)c(-n2c(=O)n3n(c2=O)CCCC3)nc1C. The van der Waals surface area contributed by atoms with Gasteiger partial charge >= 0.3 is 11.4 Å². The second-order valence-corrected chi connectivity index (χ2v) is 5.20. The van der Waals surface area contributed by atoms with Crippen LogP contribution < -0.4 is 11.4 Å². The summed E-state index contributed by atoms with van der Waals surface area (Å²) in [6.45, 7) is 11.7. The van der Waals surface area contributed by atoms with E-state index < -0.39 is 0 Å². The minimum atomic E-state index is -0.356. The Morgan fingerprint density at radius 3 is 2.24 bits per heavy atom. The smallest absolute Gasteiger partial charge is 0.246 e. The van der Waals surface area contributed by atoms with E-state index in [1.807, 2.05) is 0 Å². The van der Waals surface area contributed by atoms with Crippen molar-refractivity contribution in [3.63, 3.8) is 0 Å². The van der Waals surface area contributed by atoms with E-state index >= 15 is 0 Å². The number of rotatable bonds is 1. The van der Waals surface area contributed by atoms with E-state index in [2.05, 4.69) is 9.83 Å². The van der Waals surface area contributed by atoms with Crippen LogP contribution in [0.2, 0.25) is 0 Å². The molecule has 0 atom stereocenters. The number of aryl methyl sites for hydroxylation is 2. The molecule has 7 heteroatoms. The summed E-state index contributed by atoms with van der Waals surface area (Å²) in [5, 5.41) is 0. The molecule has 2 aromatic rings. The van der Waals surface area contributed by atoms with Crippen molar-refractivity contribution in [2.24, 2.45) is 0 Å². The van der Waals surface area contributed by atoms with Crippen LogP contribution in [-0.4, -0.2) is 18.9 Å². The molecular weight excluding hydrogens is 270 g/mol. The molecule has 21 heavy (non-hydrogen) atoms. The van der Waals surface area contributed by atoms with Crippen molar-refractivity contribution < 1.29 is 0 Å². The van der Waals surface area contributed by atoms with Crippen molar-refractivity contribution >= 4 is 5.69 Å². The van der Waals surface area contributed by atoms with Crippen LogP contribution >= 0.6 is 0 Å². The van der Waals surface area contributed by atoms with Gasteiger partial charge in [0.1, 0.15) is 5.82 Å². The third kappa shape index (κ3) is 1.91. The van der Waals surface area contributed by atoms with Crippen molar-refractivity contribution in [1.82, 2.24) is 18.9 Å². The van der Waals surface area contributed by atoms with E-state index in [0.29, 0.717) is 35.9 Å². The normalized spacial score (nSPS) is 13.8. The molecule has 3 rings (SSSR count). The van der Waals surface area contributed by atoms with Gasteiger partial charge in [0, 0.05) is 18.8 Å². The van der Waals surface area contributed by atoms with Crippen LogP contribution in [0.15, 0.2) is 15.7 Å². The molecule has 0 spiro atoms. The summed E-state index contributed by atoms with van der Waals surface area (Å²) in [6.07, 6.45) is 1.79. The van der Waals surface area contributed by atoms with Crippen LogP contribution in [0.5, 0.6) is 0 Å². The number of nitrogens with zero attached hydrogens (tertiary/aromatic N) is 5. The van der Waals surface area contributed by atoms with Crippen LogP contribution in [-0.2, 0) is 13.1 Å². The molecule has 1 aliphatic rings. The molecule has 108 valence electrons. The Balaban J connectivity index is 2.30. The van der Waals surface area contributed by atoms with Gasteiger partial charge < -0.3 is 0 Å².